The Bertz CT molecular complexity index is 870. The van der Waals surface area contributed by atoms with Gasteiger partial charge in [0.1, 0.15) is 0 Å². The fraction of sp³-hybridized carbons (Fsp3) is 0.474. The van der Waals surface area contributed by atoms with Crippen molar-refractivity contribution in [1.82, 2.24) is 15.1 Å². The van der Waals surface area contributed by atoms with Gasteiger partial charge in [0.15, 0.2) is 15.8 Å². The molecule has 2 heterocycles. The maximum Gasteiger partial charge on any atom is 0.257 e. The molecular formula is C19H24N4O5S2. The van der Waals surface area contributed by atoms with Gasteiger partial charge < -0.3 is 19.1 Å². The Morgan fingerprint density at radius 3 is 2.63 bits per heavy atom. The number of rotatable bonds is 9. The van der Waals surface area contributed by atoms with Gasteiger partial charge in [-0.1, -0.05) is 23.1 Å². The maximum absolute atomic E-state index is 12.6. The number of thioether (sulfide) groups is 1. The Kier molecular flexibility index (Phi) is 8.29. The Morgan fingerprint density at radius 2 is 1.90 bits per heavy atom. The van der Waals surface area contributed by atoms with E-state index in [0.29, 0.717) is 66.1 Å². The van der Waals surface area contributed by atoms with E-state index in [0.717, 1.165) is 0 Å². The highest BCUT2D eigenvalue weighted by atomic mass is 32.2. The summed E-state index contributed by atoms with van der Waals surface area (Å²) >= 11 is 2.54. The van der Waals surface area contributed by atoms with Gasteiger partial charge in [-0.2, -0.15) is 0 Å². The van der Waals surface area contributed by atoms with Crippen molar-refractivity contribution in [3.05, 3.63) is 23.8 Å². The molecule has 0 aliphatic carbocycles. The smallest absolute Gasteiger partial charge is 0.257 e. The molecule has 1 aromatic carbocycles. The second-order valence-electron chi connectivity index (χ2n) is 6.14. The molecule has 1 aliphatic heterocycles. The minimum absolute atomic E-state index is 0.0435. The Morgan fingerprint density at radius 1 is 1.17 bits per heavy atom. The Labute approximate surface area is 183 Å². The zero-order chi connectivity index (χ0) is 21.3. The summed E-state index contributed by atoms with van der Waals surface area (Å²) in [5.74, 6) is 1.11. The number of carbonyl (C=O) groups excluding carboxylic acids is 2. The Hall–Kier alpha value is -2.37. The average Bonchev–Trinajstić information content (AvgIpc) is 3.21. The van der Waals surface area contributed by atoms with Gasteiger partial charge in [-0.05, 0) is 32.0 Å². The number of ether oxygens (including phenoxy) is 3. The van der Waals surface area contributed by atoms with Crippen molar-refractivity contribution in [2.75, 3.05) is 50.6 Å². The lowest BCUT2D eigenvalue weighted by Crippen LogP contribution is -2.41. The van der Waals surface area contributed by atoms with Crippen LogP contribution in [0.2, 0.25) is 0 Å². The highest BCUT2D eigenvalue weighted by Crippen LogP contribution is 2.30. The molecule has 1 aliphatic rings. The van der Waals surface area contributed by atoms with E-state index in [2.05, 4.69) is 15.5 Å². The number of morpholine rings is 1. The van der Waals surface area contributed by atoms with Crippen LogP contribution < -0.4 is 14.8 Å². The number of nitrogens with zero attached hydrogens (tertiary/aromatic N) is 3. The highest BCUT2D eigenvalue weighted by Gasteiger charge is 2.18. The van der Waals surface area contributed by atoms with Crippen molar-refractivity contribution < 1.29 is 23.8 Å². The summed E-state index contributed by atoms with van der Waals surface area (Å²) in [6.45, 7) is 7.09. The fourth-order valence-electron chi connectivity index (χ4n) is 2.71. The van der Waals surface area contributed by atoms with Crippen LogP contribution in [0.25, 0.3) is 0 Å². The number of hydrogen-bond acceptors (Lipinski definition) is 9. The van der Waals surface area contributed by atoms with Crippen LogP contribution in [0.15, 0.2) is 22.5 Å². The van der Waals surface area contributed by atoms with Gasteiger partial charge in [-0.25, -0.2) is 0 Å². The van der Waals surface area contributed by atoms with Crippen LogP contribution in [0.3, 0.4) is 0 Å². The second-order valence-corrected chi connectivity index (χ2v) is 8.34. The van der Waals surface area contributed by atoms with Crippen LogP contribution in [-0.4, -0.2) is 72.2 Å². The topological polar surface area (TPSA) is 103 Å². The summed E-state index contributed by atoms with van der Waals surface area (Å²) in [5, 5.41) is 11.1. The van der Waals surface area contributed by atoms with E-state index in [1.807, 2.05) is 13.8 Å². The van der Waals surface area contributed by atoms with Gasteiger partial charge in [0.05, 0.1) is 32.2 Å². The molecule has 1 N–H and O–H groups in total. The molecule has 0 saturated carbocycles. The first kappa shape index (κ1) is 22.3. The van der Waals surface area contributed by atoms with Crippen LogP contribution in [0.5, 0.6) is 11.5 Å². The number of aromatic nitrogens is 2. The first-order valence-electron chi connectivity index (χ1n) is 9.63. The molecule has 0 atom stereocenters. The molecule has 162 valence electrons. The maximum atomic E-state index is 12.6. The lowest BCUT2D eigenvalue weighted by Gasteiger charge is -2.26. The SMILES string of the molecule is CCOc1ccc(C(=O)Nc2nnc(SCC(=O)N3CCOCC3)s2)cc1OCC. The van der Waals surface area contributed by atoms with Crippen LogP contribution >= 0.6 is 23.1 Å². The second kappa shape index (κ2) is 11.1. The standard InChI is InChI=1S/C19H24N4O5S2/c1-3-27-14-6-5-13(11-15(14)28-4-2)17(25)20-18-21-22-19(30-18)29-12-16(24)23-7-9-26-10-8-23/h5-6,11H,3-4,7-10,12H2,1-2H3,(H,20,21,25). The molecule has 2 aromatic rings. The molecule has 9 nitrogen and oxygen atoms in total. The van der Waals surface area contributed by atoms with E-state index in [1.165, 1.54) is 23.1 Å². The van der Waals surface area contributed by atoms with Crippen molar-refractivity contribution in [2.45, 2.75) is 18.2 Å². The molecule has 30 heavy (non-hydrogen) atoms. The van der Waals surface area contributed by atoms with E-state index in [1.54, 1.807) is 23.1 Å². The van der Waals surface area contributed by atoms with Crippen LogP contribution in [0, 0.1) is 0 Å². The summed E-state index contributed by atoms with van der Waals surface area (Å²) in [4.78, 5) is 26.6. The van der Waals surface area contributed by atoms with Gasteiger partial charge in [0.2, 0.25) is 11.0 Å². The molecule has 0 spiro atoms. The molecule has 11 heteroatoms. The third-order valence-corrected chi connectivity index (χ3v) is 6.07. The average molecular weight is 453 g/mol. The first-order valence-corrected chi connectivity index (χ1v) is 11.4. The Balaban J connectivity index is 1.56. The predicted molar refractivity (Wildman–Crippen MR) is 115 cm³/mol. The molecule has 3 rings (SSSR count). The number of benzene rings is 1. The van der Waals surface area contributed by atoms with E-state index in [9.17, 15) is 9.59 Å². The zero-order valence-corrected chi connectivity index (χ0v) is 18.5. The summed E-state index contributed by atoms with van der Waals surface area (Å²) < 4.78 is 17.0. The van der Waals surface area contributed by atoms with E-state index >= 15 is 0 Å². The van der Waals surface area contributed by atoms with Crippen molar-refractivity contribution >= 4 is 40.0 Å². The third-order valence-electron chi connectivity index (χ3n) is 4.12. The lowest BCUT2D eigenvalue weighted by molar-refractivity contribution is -0.132. The largest absolute Gasteiger partial charge is 0.490 e. The molecule has 2 amide bonds. The molecule has 1 saturated heterocycles. The predicted octanol–water partition coefficient (Wildman–Crippen LogP) is 2.54. The molecule has 0 radical (unpaired) electrons. The quantitative estimate of drug-likeness (QED) is 0.457. The number of nitrogens with one attached hydrogen (secondary N) is 1. The van der Waals surface area contributed by atoms with Gasteiger partial charge in [0, 0.05) is 18.7 Å². The molecule has 0 bridgehead atoms. The van der Waals surface area contributed by atoms with Crippen molar-refractivity contribution in [2.24, 2.45) is 0 Å². The van der Waals surface area contributed by atoms with Crippen molar-refractivity contribution in [1.29, 1.82) is 0 Å². The van der Waals surface area contributed by atoms with E-state index < -0.39 is 0 Å². The van der Waals surface area contributed by atoms with Gasteiger partial charge >= 0.3 is 0 Å². The summed E-state index contributed by atoms with van der Waals surface area (Å²) in [7, 11) is 0. The van der Waals surface area contributed by atoms with E-state index in [4.69, 9.17) is 14.2 Å². The van der Waals surface area contributed by atoms with Crippen LogP contribution in [-0.2, 0) is 9.53 Å². The molecule has 0 unspecified atom stereocenters. The fourth-order valence-corrected chi connectivity index (χ4v) is 4.36. The van der Waals surface area contributed by atoms with Gasteiger partial charge in [-0.15, -0.1) is 10.2 Å². The highest BCUT2D eigenvalue weighted by molar-refractivity contribution is 8.01. The minimum atomic E-state index is -0.323. The molecule has 1 fully saturated rings. The van der Waals surface area contributed by atoms with Gasteiger partial charge in [-0.3, -0.25) is 14.9 Å². The minimum Gasteiger partial charge on any atom is -0.490 e. The zero-order valence-electron chi connectivity index (χ0n) is 16.9. The lowest BCUT2D eigenvalue weighted by atomic mass is 10.2. The van der Waals surface area contributed by atoms with E-state index in [-0.39, 0.29) is 17.6 Å². The summed E-state index contributed by atoms with van der Waals surface area (Å²) in [5.41, 5.74) is 0.425. The van der Waals surface area contributed by atoms with Gasteiger partial charge in [0.25, 0.3) is 5.91 Å². The number of anilines is 1. The summed E-state index contributed by atoms with van der Waals surface area (Å²) in [6.07, 6.45) is 0. The normalized spacial score (nSPS) is 13.7. The number of amides is 2. The molecule has 1 aromatic heterocycles. The number of hydrogen-bond donors (Lipinski definition) is 1. The van der Waals surface area contributed by atoms with Crippen LogP contribution in [0.4, 0.5) is 5.13 Å². The molecular weight excluding hydrogens is 428 g/mol. The first-order chi connectivity index (χ1) is 14.6. The van der Waals surface area contributed by atoms with Crippen molar-refractivity contribution in [3.8, 4) is 11.5 Å². The van der Waals surface area contributed by atoms with Crippen molar-refractivity contribution in [3.63, 3.8) is 0 Å². The number of carbonyl (C=O) groups is 2. The summed E-state index contributed by atoms with van der Waals surface area (Å²) in [6, 6.07) is 5.02. The monoisotopic (exact) mass is 452 g/mol. The third kappa shape index (κ3) is 6.07. The van der Waals surface area contributed by atoms with Crippen LogP contribution in [0.1, 0.15) is 24.2 Å².